The highest BCUT2D eigenvalue weighted by Crippen LogP contribution is 2.43. The van der Waals surface area contributed by atoms with Crippen LogP contribution in [0.15, 0.2) is 0 Å². The lowest BCUT2D eigenvalue weighted by Crippen LogP contribution is -2.47. The average Bonchev–Trinajstić information content (AvgIpc) is 2.22. The van der Waals surface area contributed by atoms with Gasteiger partial charge in [-0.15, -0.1) is 0 Å². The second kappa shape index (κ2) is 4.17. The Morgan fingerprint density at radius 2 is 2.00 bits per heavy atom. The summed E-state index contributed by atoms with van der Waals surface area (Å²) in [5, 5.41) is 11.4. The fraction of sp³-hybridized carbons (Fsp3) is 1.00. The minimum atomic E-state index is -2.58. The molecule has 96 valence electrons. The minimum Gasteiger partial charge on any atom is -0.313 e. The van der Waals surface area contributed by atoms with E-state index in [2.05, 4.69) is 0 Å². The predicted molar refractivity (Wildman–Crippen MR) is 67.3 cm³/mol. The van der Waals surface area contributed by atoms with E-state index in [9.17, 15) is 9.42 Å². The molecule has 16 heavy (non-hydrogen) atoms. The Morgan fingerprint density at radius 1 is 1.50 bits per heavy atom. The molecule has 0 aliphatic carbocycles. The van der Waals surface area contributed by atoms with Crippen LogP contribution < -0.4 is 0 Å². The number of hydrogen-bond donors (Lipinski definition) is 1. The van der Waals surface area contributed by atoms with Crippen molar-refractivity contribution in [2.45, 2.75) is 45.2 Å². The molecular formula is C10H21NO3S2. The number of rotatable bonds is 3. The van der Waals surface area contributed by atoms with Gasteiger partial charge < -0.3 is 5.21 Å². The van der Waals surface area contributed by atoms with Crippen molar-refractivity contribution in [3.05, 3.63) is 0 Å². The van der Waals surface area contributed by atoms with Gasteiger partial charge in [-0.05, 0) is 34.1 Å². The second-order valence-electron chi connectivity index (χ2n) is 5.67. The van der Waals surface area contributed by atoms with Crippen molar-refractivity contribution >= 4 is 20.0 Å². The lowest BCUT2D eigenvalue weighted by Gasteiger charge is -2.35. The average molecular weight is 267 g/mol. The van der Waals surface area contributed by atoms with E-state index in [0.29, 0.717) is 6.61 Å². The topological polar surface area (TPSA) is 49.8 Å². The van der Waals surface area contributed by atoms with Gasteiger partial charge in [0.05, 0.1) is 6.61 Å². The number of hydroxylamine groups is 2. The van der Waals surface area contributed by atoms with Crippen LogP contribution in [0.1, 0.15) is 34.1 Å². The number of nitrogens with zero attached hydrogens (tertiary/aromatic N) is 1. The van der Waals surface area contributed by atoms with Crippen LogP contribution in [-0.4, -0.2) is 38.4 Å². The molecule has 0 aromatic heterocycles. The van der Waals surface area contributed by atoms with Crippen molar-refractivity contribution in [1.82, 2.24) is 5.06 Å². The van der Waals surface area contributed by atoms with Crippen LogP contribution in [0.3, 0.4) is 0 Å². The highest BCUT2D eigenvalue weighted by Gasteiger charge is 2.51. The van der Waals surface area contributed by atoms with Gasteiger partial charge in [0.15, 0.2) is 0 Å². The van der Waals surface area contributed by atoms with Crippen molar-refractivity contribution in [1.29, 1.82) is 0 Å². The minimum absolute atomic E-state index is 0.122. The zero-order valence-electron chi connectivity index (χ0n) is 10.5. The molecule has 0 saturated carbocycles. The maximum Gasteiger partial charge on any atom is 0.141 e. The van der Waals surface area contributed by atoms with Crippen molar-refractivity contribution in [2.24, 2.45) is 5.92 Å². The molecule has 0 bridgehead atoms. The van der Waals surface area contributed by atoms with Crippen molar-refractivity contribution in [3.63, 3.8) is 0 Å². The fourth-order valence-corrected chi connectivity index (χ4v) is 2.94. The molecule has 1 fully saturated rings. The molecule has 0 aromatic carbocycles. The van der Waals surface area contributed by atoms with E-state index < -0.39 is 8.77 Å². The molecule has 0 amide bonds. The summed E-state index contributed by atoms with van der Waals surface area (Å²) < 4.78 is 16.5. The van der Waals surface area contributed by atoms with Crippen LogP contribution in [0.2, 0.25) is 0 Å². The SMILES string of the molecule is CC1(C)C[C@H](COS(C)(=O)=S)C(C)(C)N1O. The molecule has 1 unspecified atom stereocenters. The quantitative estimate of drug-likeness (QED) is 0.841. The molecule has 1 heterocycles. The maximum absolute atomic E-state index is 11.3. The van der Waals surface area contributed by atoms with Crippen LogP contribution in [0.5, 0.6) is 0 Å². The third-order valence-corrected chi connectivity index (χ3v) is 4.20. The van der Waals surface area contributed by atoms with Gasteiger partial charge in [-0.3, -0.25) is 4.18 Å². The fourth-order valence-electron chi connectivity index (χ4n) is 2.36. The molecular weight excluding hydrogens is 246 g/mol. The van der Waals surface area contributed by atoms with Crippen molar-refractivity contribution < 1.29 is 13.6 Å². The molecule has 6 heteroatoms. The Labute approximate surface area is 103 Å². The number of hydrogen-bond acceptors (Lipinski definition) is 5. The molecule has 1 rings (SSSR count). The smallest absolute Gasteiger partial charge is 0.141 e. The van der Waals surface area contributed by atoms with Gasteiger partial charge in [0.1, 0.15) is 8.77 Å². The van der Waals surface area contributed by atoms with E-state index in [1.165, 1.54) is 11.3 Å². The lowest BCUT2D eigenvalue weighted by atomic mass is 9.88. The van der Waals surface area contributed by atoms with Crippen LogP contribution in [0.4, 0.5) is 0 Å². The third kappa shape index (κ3) is 2.92. The van der Waals surface area contributed by atoms with Crippen LogP contribution in [-0.2, 0) is 24.1 Å². The summed E-state index contributed by atoms with van der Waals surface area (Å²) in [7, 11) is -2.58. The van der Waals surface area contributed by atoms with Gasteiger partial charge >= 0.3 is 0 Å². The molecule has 1 aliphatic rings. The molecule has 1 saturated heterocycles. The van der Waals surface area contributed by atoms with Crippen LogP contribution in [0.25, 0.3) is 0 Å². The first-order valence-corrected chi connectivity index (χ1v) is 8.12. The summed E-state index contributed by atoms with van der Waals surface area (Å²) in [4.78, 5) is 0. The third-order valence-electron chi connectivity index (χ3n) is 3.35. The molecule has 1 aliphatic heterocycles. The predicted octanol–water partition coefficient (Wildman–Crippen LogP) is 1.56. The van der Waals surface area contributed by atoms with Gasteiger partial charge in [0.2, 0.25) is 0 Å². The summed E-state index contributed by atoms with van der Waals surface area (Å²) in [6.45, 7) is 8.19. The summed E-state index contributed by atoms with van der Waals surface area (Å²) in [5.74, 6) is 0.122. The largest absolute Gasteiger partial charge is 0.313 e. The van der Waals surface area contributed by atoms with Gasteiger partial charge in [-0.25, -0.2) is 4.21 Å². The zero-order chi connectivity index (χ0) is 12.8. The Kier molecular flexibility index (Phi) is 3.73. The first-order chi connectivity index (χ1) is 6.97. The second-order valence-corrected chi connectivity index (χ2v) is 9.13. The zero-order valence-corrected chi connectivity index (χ0v) is 12.2. The molecule has 0 spiro atoms. The molecule has 0 aromatic rings. The first-order valence-electron chi connectivity index (χ1n) is 5.30. The van der Waals surface area contributed by atoms with Crippen molar-refractivity contribution in [2.75, 3.05) is 12.9 Å². The molecule has 0 radical (unpaired) electrons. The monoisotopic (exact) mass is 267 g/mol. The highest BCUT2D eigenvalue weighted by atomic mass is 32.8. The Hall–Kier alpha value is 0.250. The summed E-state index contributed by atoms with van der Waals surface area (Å²) >= 11 is 4.71. The molecule has 1 N–H and O–H groups in total. The Morgan fingerprint density at radius 3 is 2.31 bits per heavy atom. The van der Waals surface area contributed by atoms with Gasteiger partial charge in [0.25, 0.3) is 0 Å². The Bertz CT molecular complexity index is 362. The first kappa shape index (κ1) is 14.3. The van der Waals surface area contributed by atoms with Crippen LogP contribution >= 0.6 is 0 Å². The van der Waals surface area contributed by atoms with E-state index in [1.807, 2.05) is 27.7 Å². The summed E-state index contributed by atoms with van der Waals surface area (Å²) in [6, 6.07) is 0. The maximum atomic E-state index is 11.3. The van der Waals surface area contributed by atoms with Gasteiger partial charge in [-0.2, -0.15) is 5.06 Å². The van der Waals surface area contributed by atoms with E-state index in [4.69, 9.17) is 15.4 Å². The van der Waals surface area contributed by atoms with E-state index in [1.54, 1.807) is 0 Å². The standard InChI is InChI=1S/C10H21NO3S2/c1-9(2)6-8(7-14-16(5,13)15)10(3,4)11(9)12/h8,12H,6-7H2,1-5H3/t8-,16?/m1/s1. The van der Waals surface area contributed by atoms with Gasteiger partial charge in [0, 0.05) is 34.4 Å². The Balaban J connectivity index is 2.77. The van der Waals surface area contributed by atoms with E-state index in [0.717, 1.165) is 6.42 Å². The van der Waals surface area contributed by atoms with E-state index >= 15 is 0 Å². The summed E-state index contributed by atoms with van der Waals surface area (Å²) in [5.41, 5.74) is -0.670. The highest BCUT2D eigenvalue weighted by molar-refractivity contribution is 8.29. The molecule has 4 nitrogen and oxygen atoms in total. The normalized spacial score (nSPS) is 32.5. The molecule has 2 atom stereocenters. The van der Waals surface area contributed by atoms with E-state index in [-0.39, 0.29) is 17.0 Å². The summed E-state index contributed by atoms with van der Waals surface area (Å²) in [6.07, 6.45) is 2.20. The van der Waals surface area contributed by atoms with Gasteiger partial charge in [-0.1, -0.05) is 0 Å². The van der Waals surface area contributed by atoms with Crippen LogP contribution in [0, 0.1) is 5.92 Å². The lowest BCUT2D eigenvalue weighted by molar-refractivity contribution is -0.197. The van der Waals surface area contributed by atoms with Crippen molar-refractivity contribution in [3.8, 4) is 0 Å².